The minimum atomic E-state index is -0.628. The second-order valence-electron chi connectivity index (χ2n) is 5.42. The molecule has 0 atom stereocenters. The third-order valence-electron chi connectivity index (χ3n) is 4.00. The third-order valence-corrected chi connectivity index (χ3v) is 4.42. The highest BCUT2D eigenvalue weighted by Crippen LogP contribution is 2.38. The Kier molecular flexibility index (Phi) is 3.35. The standard InChI is InChI=1S/C17H12ClFN2O3/c1-21(12-7-15-11(6-10(12)19)20-17(22)24-15)13-8-23-14-5-3-2-4-9(14)16(13)18/h2-7H,8H2,1H3,(H,20,22). The number of aromatic amines is 1. The van der Waals surface area contributed by atoms with Gasteiger partial charge in [0.2, 0.25) is 0 Å². The number of nitrogens with zero attached hydrogens (tertiary/aromatic N) is 1. The van der Waals surface area contributed by atoms with Gasteiger partial charge in [0.25, 0.3) is 0 Å². The molecule has 0 spiro atoms. The Balaban J connectivity index is 1.83. The van der Waals surface area contributed by atoms with Gasteiger partial charge < -0.3 is 14.1 Å². The molecule has 0 saturated heterocycles. The SMILES string of the molecule is CN(C1=C(Cl)c2ccccc2OC1)c1cc2oc(=O)[nH]c2cc1F. The molecular formula is C17H12ClFN2O3. The number of oxazole rings is 1. The van der Waals surface area contributed by atoms with E-state index in [1.807, 2.05) is 24.3 Å². The molecule has 1 aliphatic heterocycles. The Morgan fingerprint density at radius 3 is 2.92 bits per heavy atom. The zero-order valence-electron chi connectivity index (χ0n) is 12.6. The summed E-state index contributed by atoms with van der Waals surface area (Å²) in [5.74, 6) is -0.443. The molecule has 1 aliphatic rings. The van der Waals surface area contributed by atoms with Crippen LogP contribution in [0, 0.1) is 5.82 Å². The van der Waals surface area contributed by atoms with Crippen LogP contribution in [0.25, 0.3) is 16.1 Å². The summed E-state index contributed by atoms with van der Waals surface area (Å²) in [6, 6.07) is 10.1. The van der Waals surface area contributed by atoms with Crippen LogP contribution < -0.4 is 15.4 Å². The molecule has 0 bridgehead atoms. The van der Waals surface area contributed by atoms with Crippen LogP contribution in [0.5, 0.6) is 5.75 Å². The lowest BCUT2D eigenvalue weighted by Crippen LogP contribution is -2.25. The third kappa shape index (κ3) is 2.27. The molecule has 2 aromatic carbocycles. The monoisotopic (exact) mass is 346 g/mol. The maximum atomic E-state index is 14.4. The van der Waals surface area contributed by atoms with E-state index in [-0.39, 0.29) is 17.9 Å². The summed E-state index contributed by atoms with van der Waals surface area (Å²) in [5, 5.41) is 0.495. The number of hydrogen-bond donors (Lipinski definition) is 1. The van der Waals surface area contributed by atoms with E-state index in [1.54, 1.807) is 11.9 Å². The van der Waals surface area contributed by atoms with Gasteiger partial charge in [-0.3, -0.25) is 4.98 Å². The molecule has 24 heavy (non-hydrogen) atoms. The second-order valence-corrected chi connectivity index (χ2v) is 5.80. The van der Waals surface area contributed by atoms with Gasteiger partial charge in [-0.1, -0.05) is 23.7 Å². The van der Waals surface area contributed by atoms with E-state index in [0.717, 1.165) is 5.56 Å². The molecule has 1 N–H and O–H groups in total. The Hall–Kier alpha value is -2.73. The maximum Gasteiger partial charge on any atom is 0.417 e. The molecule has 4 rings (SSSR count). The topological polar surface area (TPSA) is 58.5 Å². The van der Waals surface area contributed by atoms with E-state index in [1.165, 1.54) is 12.1 Å². The summed E-state index contributed by atoms with van der Waals surface area (Å²) in [7, 11) is 1.68. The lowest BCUT2D eigenvalue weighted by atomic mass is 10.1. The number of ether oxygens (including phenoxy) is 1. The van der Waals surface area contributed by atoms with Gasteiger partial charge in [-0.25, -0.2) is 9.18 Å². The molecule has 2 heterocycles. The zero-order chi connectivity index (χ0) is 16.8. The number of halogens is 2. The molecule has 0 amide bonds. The van der Waals surface area contributed by atoms with Gasteiger partial charge in [0.05, 0.1) is 21.9 Å². The zero-order valence-corrected chi connectivity index (χ0v) is 13.4. The van der Waals surface area contributed by atoms with Gasteiger partial charge in [-0.2, -0.15) is 0 Å². The first-order valence-electron chi connectivity index (χ1n) is 7.21. The quantitative estimate of drug-likeness (QED) is 0.768. The van der Waals surface area contributed by atoms with Crippen molar-refractivity contribution in [1.29, 1.82) is 0 Å². The van der Waals surface area contributed by atoms with Gasteiger partial charge in [-0.05, 0) is 12.1 Å². The number of nitrogens with one attached hydrogen (secondary N) is 1. The van der Waals surface area contributed by atoms with Crippen molar-refractivity contribution in [3.05, 3.63) is 64.0 Å². The number of aromatic nitrogens is 1. The largest absolute Gasteiger partial charge is 0.487 e. The van der Waals surface area contributed by atoms with Crippen molar-refractivity contribution in [3.63, 3.8) is 0 Å². The van der Waals surface area contributed by atoms with E-state index in [4.69, 9.17) is 20.8 Å². The van der Waals surface area contributed by atoms with Crippen molar-refractivity contribution in [3.8, 4) is 5.75 Å². The molecule has 0 aliphatic carbocycles. The van der Waals surface area contributed by atoms with E-state index in [0.29, 0.717) is 22.0 Å². The number of fused-ring (bicyclic) bond motifs is 2. The maximum absolute atomic E-state index is 14.4. The van der Waals surface area contributed by atoms with Crippen LogP contribution in [-0.4, -0.2) is 18.6 Å². The fraction of sp³-hybridized carbons (Fsp3) is 0.118. The van der Waals surface area contributed by atoms with Gasteiger partial charge in [0.15, 0.2) is 5.58 Å². The minimum absolute atomic E-state index is 0.209. The molecule has 0 radical (unpaired) electrons. The molecule has 1 aromatic heterocycles. The summed E-state index contributed by atoms with van der Waals surface area (Å²) < 4.78 is 25.1. The lowest BCUT2D eigenvalue weighted by Gasteiger charge is -2.28. The highest BCUT2D eigenvalue weighted by molar-refractivity contribution is 6.50. The van der Waals surface area contributed by atoms with E-state index >= 15 is 0 Å². The smallest absolute Gasteiger partial charge is 0.417 e. The number of para-hydroxylation sites is 1. The highest BCUT2D eigenvalue weighted by Gasteiger charge is 2.24. The molecule has 122 valence electrons. The average Bonchev–Trinajstić information content (AvgIpc) is 2.93. The first kappa shape index (κ1) is 14.8. The van der Waals surface area contributed by atoms with Crippen LogP contribution in [0.2, 0.25) is 0 Å². The summed E-state index contributed by atoms with van der Waals surface area (Å²) >= 11 is 6.49. The normalized spacial score (nSPS) is 13.8. The van der Waals surface area contributed by atoms with Gasteiger partial charge in [-0.15, -0.1) is 0 Å². The molecule has 3 aromatic rings. The molecule has 0 saturated carbocycles. The predicted molar refractivity (Wildman–Crippen MR) is 89.9 cm³/mol. The molecule has 5 nitrogen and oxygen atoms in total. The van der Waals surface area contributed by atoms with Crippen molar-refractivity contribution in [2.45, 2.75) is 0 Å². The van der Waals surface area contributed by atoms with Gasteiger partial charge in [0, 0.05) is 24.7 Å². The van der Waals surface area contributed by atoms with Crippen LogP contribution in [0.1, 0.15) is 5.56 Å². The van der Waals surface area contributed by atoms with Crippen molar-refractivity contribution in [1.82, 2.24) is 4.98 Å². The molecule has 7 heteroatoms. The van der Waals surface area contributed by atoms with Crippen LogP contribution in [-0.2, 0) is 0 Å². The number of H-pyrrole nitrogens is 1. The van der Waals surface area contributed by atoms with Gasteiger partial charge in [0.1, 0.15) is 18.2 Å². The van der Waals surface area contributed by atoms with Crippen molar-refractivity contribution in [2.75, 3.05) is 18.6 Å². The number of hydrogen-bond acceptors (Lipinski definition) is 4. The summed E-state index contributed by atoms with van der Waals surface area (Å²) in [5.41, 5.74) is 2.19. The number of benzene rings is 2. The van der Waals surface area contributed by atoms with Crippen molar-refractivity contribution < 1.29 is 13.5 Å². The van der Waals surface area contributed by atoms with Crippen molar-refractivity contribution in [2.24, 2.45) is 0 Å². The lowest BCUT2D eigenvalue weighted by molar-refractivity contribution is 0.343. The van der Waals surface area contributed by atoms with E-state index in [2.05, 4.69) is 4.98 Å². The minimum Gasteiger partial charge on any atom is -0.487 e. The first-order chi connectivity index (χ1) is 11.5. The number of likely N-dealkylation sites (N-methyl/N-ethyl adjacent to an activating group) is 1. The number of anilines is 1. The van der Waals surface area contributed by atoms with E-state index in [9.17, 15) is 9.18 Å². The van der Waals surface area contributed by atoms with Crippen LogP contribution in [0.3, 0.4) is 0 Å². The highest BCUT2D eigenvalue weighted by atomic mass is 35.5. The Bertz CT molecular complexity index is 1040. The van der Waals surface area contributed by atoms with Gasteiger partial charge >= 0.3 is 5.76 Å². The molecule has 0 unspecified atom stereocenters. The summed E-state index contributed by atoms with van der Waals surface area (Å²) in [6.07, 6.45) is 0. The molecular weight excluding hydrogens is 335 g/mol. The van der Waals surface area contributed by atoms with E-state index < -0.39 is 11.6 Å². The summed E-state index contributed by atoms with van der Waals surface area (Å²) in [6.45, 7) is 0.209. The van der Waals surface area contributed by atoms with Crippen molar-refractivity contribution >= 4 is 33.4 Å². The fourth-order valence-electron chi connectivity index (χ4n) is 2.75. The predicted octanol–water partition coefficient (Wildman–Crippen LogP) is 3.70. The van der Waals surface area contributed by atoms with Crippen LogP contribution >= 0.6 is 11.6 Å². The second kappa shape index (κ2) is 5.42. The number of rotatable bonds is 2. The first-order valence-corrected chi connectivity index (χ1v) is 7.59. The Morgan fingerprint density at radius 1 is 1.29 bits per heavy atom. The van der Waals surface area contributed by atoms with Crippen LogP contribution in [0.15, 0.2) is 51.3 Å². The average molecular weight is 347 g/mol. The van der Waals surface area contributed by atoms with Crippen LogP contribution in [0.4, 0.5) is 10.1 Å². The Labute approximate surface area is 140 Å². The fourth-order valence-corrected chi connectivity index (χ4v) is 3.08. The Morgan fingerprint density at radius 2 is 2.08 bits per heavy atom. The molecule has 0 fully saturated rings. The summed E-state index contributed by atoms with van der Waals surface area (Å²) in [4.78, 5) is 15.3.